The van der Waals surface area contributed by atoms with Crippen LogP contribution in [-0.4, -0.2) is 48.4 Å². The second-order valence-electron chi connectivity index (χ2n) is 9.68. The summed E-state index contributed by atoms with van der Waals surface area (Å²) in [6.45, 7) is 20.1. The van der Waals surface area contributed by atoms with E-state index in [1.165, 1.54) is 4.68 Å². The lowest BCUT2D eigenvalue weighted by molar-refractivity contribution is 0.0501. The highest BCUT2D eigenvalue weighted by atomic mass is 28.4. The largest absolute Gasteiger partial charge is 0.530 e. The normalized spacial score (nSPS) is 13.6. The molecule has 1 amide bonds. The summed E-state index contributed by atoms with van der Waals surface area (Å²) in [5.41, 5.74) is -0.297. The maximum atomic E-state index is 12.4. The average molecular weight is 428 g/mol. The first-order chi connectivity index (χ1) is 13.1. The van der Waals surface area contributed by atoms with Crippen molar-refractivity contribution in [1.29, 1.82) is 0 Å². The third-order valence-electron chi connectivity index (χ3n) is 4.62. The summed E-state index contributed by atoms with van der Waals surface area (Å²) in [5.74, 6) is -0.0846. The number of esters is 1. The molecule has 0 unspecified atom stereocenters. The van der Waals surface area contributed by atoms with Crippen LogP contribution >= 0.6 is 0 Å². The van der Waals surface area contributed by atoms with Crippen molar-refractivity contribution >= 4 is 20.4 Å². The molecule has 1 rings (SSSR count). The molecule has 166 valence electrons. The van der Waals surface area contributed by atoms with Gasteiger partial charge < -0.3 is 19.2 Å². The van der Waals surface area contributed by atoms with Gasteiger partial charge in [0.15, 0.2) is 0 Å². The van der Waals surface area contributed by atoms with Gasteiger partial charge in [0.25, 0.3) is 8.32 Å². The maximum Gasteiger partial charge on any atom is 0.407 e. The highest BCUT2D eigenvalue weighted by Crippen LogP contribution is 2.37. The van der Waals surface area contributed by atoms with Crippen molar-refractivity contribution in [3.63, 3.8) is 0 Å². The van der Waals surface area contributed by atoms with Gasteiger partial charge in [-0.15, -0.1) is 5.10 Å². The van der Waals surface area contributed by atoms with Crippen LogP contribution in [0.1, 0.15) is 65.9 Å². The van der Waals surface area contributed by atoms with Crippen LogP contribution < -0.4 is 9.74 Å². The van der Waals surface area contributed by atoms with Crippen molar-refractivity contribution in [3.8, 4) is 5.88 Å². The van der Waals surface area contributed by atoms with Gasteiger partial charge in [-0.1, -0.05) is 20.8 Å². The first kappa shape index (κ1) is 25.0. The summed E-state index contributed by atoms with van der Waals surface area (Å²) in [6, 6.07) is 1.29. The molecule has 1 heterocycles. The number of alkyl carbamates (subject to hydrolysis) is 1. The van der Waals surface area contributed by atoms with E-state index in [1.54, 1.807) is 33.8 Å². The summed E-state index contributed by atoms with van der Waals surface area (Å²) in [6.07, 6.45) is -0.521. The number of ether oxygens (including phenoxy) is 2. The van der Waals surface area contributed by atoms with Gasteiger partial charge in [0.05, 0.1) is 13.2 Å². The van der Waals surface area contributed by atoms with E-state index in [1.807, 2.05) is 6.92 Å². The SMILES string of the molecule is CCOC(=O)c1cc(O[Si](C)(C)C(C)(C)C)nn1C[C@H](C)NC(=O)OC(C)(C)C. The van der Waals surface area contributed by atoms with Crippen LogP contribution in [0.4, 0.5) is 4.79 Å². The highest BCUT2D eigenvalue weighted by Gasteiger charge is 2.40. The summed E-state index contributed by atoms with van der Waals surface area (Å²) in [7, 11) is -2.12. The van der Waals surface area contributed by atoms with Gasteiger partial charge >= 0.3 is 12.1 Å². The van der Waals surface area contributed by atoms with E-state index in [9.17, 15) is 9.59 Å². The van der Waals surface area contributed by atoms with E-state index in [4.69, 9.17) is 13.9 Å². The fraction of sp³-hybridized carbons (Fsp3) is 0.750. The lowest BCUT2D eigenvalue weighted by Crippen LogP contribution is -2.44. The molecule has 0 aliphatic heterocycles. The number of aromatic nitrogens is 2. The zero-order chi connectivity index (χ0) is 22.6. The van der Waals surface area contributed by atoms with Crippen LogP contribution in [0.15, 0.2) is 6.07 Å². The highest BCUT2D eigenvalue weighted by molar-refractivity contribution is 6.74. The zero-order valence-electron chi connectivity index (χ0n) is 19.5. The van der Waals surface area contributed by atoms with E-state index < -0.39 is 26.0 Å². The van der Waals surface area contributed by atoms with Crippen molar-refractivity contribution in [1.82, 2.24) is 15.1 Å². The van der Waals surface area contributed by atoms with Crippen LogP contribution in [0.5, 0.6) is 5.88 Å². The Labute approximate surface area is 175 Å². The van der Waals surface area contributed by atoms with Crippen LogP contribution in [-0.2, 0) is 16.0 Å². The Kier molecular flexibility index (Phi) is 7.92. The number of rotatable bonds is 7. The van der Waals surface area contributed by atoms with Crippen LogP contribution in [0.25, 0.3) is 0 Å². The summed E-state index contributed by atoms with van der Waals surface area (Å²) in [4.78, 5) is 24.4. The molecule has 1 aromatic heterocycles. The van der Waals surface area contributed by atoms with E-state index in [0.717, 1.165) is 0 Å². The smallest absolute Gasteiger partial charge is 0.407 e. The molecule has 0 aliphatic rings. The van der Waals surface area contributed by atoms with E-state index in [0.29, 0.717) is 11.6 Å². The van der Waals surface area contributed by atoms with Gasteiger partial charge in [-0.25, -0.2) is 9.59 Å². The number of carbonyl (C=O) groups is 2. The molecule has 0 saturated carbocycles. The van der Waals surface area contributed by atoms with E-state index in [2.05, 4.69) is 44.3 Å². The first-order valence-corrected chi connectivity index (χ1v) is 12.9. The molecule has 1 N–H and O–H groups in total. The molecule has 0 fully saturated rings. The Balaban J connectivity index is 3.04. The van der Waals surface area contributed by atoms with Crippen LogP contribution in [0, 0.1) is 0 Å². The average Bonchev–Trinajstić information content (AvgIpc) is 2.85. The Bertz CT molecular complexity index is 717. The minimum atomic E-state index is -2.12. The molecule has 8 nitrogen and oxygen atoms in total. The topological polar surface area (TPSA) is 91.7 Å². The fourth-order valence-electron chi connectivity index (χ4n) is 2.18. The van der Waals surface area contributed by atoms with Crippen molar-refractivity contribution < 1.29 is 23.5 Å². The molecule has 0 bridgehead atoms. The Morgan fingerprint density at radius 3 is 2.28 bits per heavy atom. The van der Waals surface area contributed by atoms with Gasteiger partial charge in [0.2, 0.25) is 5.88 Å². The molecule has 0 aromatic carbocycles. The molecular weight excluding hydrogens is 390 g/mol. The van der Waals surface area contributed by atoms with Crippen LogP contribution in [0.2, 0.25) is 18.1 Å². The third-order valence-corrected chi connectivity index (χ3v) is 8.95. The number of amides is 1. The number of carbonyl (C=O) groups excluding carboxylic acids is 2. The molecule has 1 atom stereocenters. The van der Waals surface area contributed by atoms with E-state index >= 15 is 0 Å². The second kappa shape index (κ2) is 9.19. The van der Waals surface area contributed by atoms with Gasteiger partial charge in [0.1, 0.15) is 11.3 Å². The summed E-state index contributed by atoms with van der Waals surface area (Å²) >= 11 is 0. The van der Waals surface area contributed by atoms with E-state index in [-0.39, 0.29) is 24.2 Å². The van der Waals surface area contributed by atoms with Crippen LogP contribution in [0.3, 0.4) is 0 Å². The molecule has 29 heavy (non-hydrogen) atoms. The van der Waals surface area contributed by atoms with Crippen molar-refractivity contribution in [2.24, 2.45) is 0 Å². The minimum Gasteiger partial charge on any atom is -0.530 e. The molecule has 1 aromatic rings. The molecule has 0 radical (unpaired) electrons. The Morgan fingerprint density at radius 2 is 1.79 bits per heavy atom. The molecule has 0 spiro atoms. The number of nitrogens with zero attached hydrogens (tertiary/aromatic N) is 2. The van der Waals surface area contributed by atoms with Gasteiger partial charge in [-0.3, -0.25) is 4.68 Å². The number of nitrogens with one attached hydrogen (secondary N) is 1. The first-order valence-electron chi connectivity index (χ1n) is 9.99. The lowest BCUT2D eigenvalue weighted by Gasteiger charge is -2.35. The summed E-state index contributed by atoms with van der Waals surface area (Å²) in [5, 5.41) is 7.22. The predicted molar refractivity (Wildman–Crippen MR) is 115 cm³/mol. The minimum absolute atomic E-state index is 0.00751. The third kappa shape index (κ3) is 7.72. The number of hydrogen-bond acceptors (Lipinski definition) is 6. The monoisotopic (exact) mass is 427 g/mol. The quantitative estimate of drug-likeness (QED) is 0.513. The Hall–Kier alpha value is -2.03. The van der Waals surface area contributed by atoms with Gasteiger partial charge in [0, 0.05) is 12.1 Å². The summed E-state index contributed by atoms with van der Waals surface area (Å²) < 4.78 is 18.2. The molecular formula is C20H37N3O5Si. The predicted octanol–water partition coefficient (Wildman–Crippen LogP) is 4.36. The molecule has 9 heteroatoms. The lowest BCUT2D eigenvalue weighted by atomic mass is 10.2. The van der Waals surface area contributed by atoms with Crippen molar-refractivity contribution in [2.75, 3.05) is 6.61 Å². The maximum absolute atomic E-state index is 12.4. The second-order valence-corrected chi connectivity index (χ2v) is 14.4. The standard InChI is InChI=1S/C20H37N3O5Si/c1-11-26-17(24)15-12-16(28-29(9,10)20(6,7)8)22-23(15)13-14(2)21-18(25)27-19(3,4)5/h12,14H,11,13H2,1-10H3,(H,21,25)/t14-/m0/s1. The van der Waals surface area contributed by atoms with Crippen molar-refractivity contribution in [2.45, 2.75) is 91.7 Å². The van der Waals surface area contributed by atoms with Crippen molar-refractivity contribution in [3.05, 3.63) is 11.8 Å². The fourth-order valence-corrected chi connectivity index (χ4v) is 3.11. The Morgan fingerprint density at radius 1 is 1.21 bits per heavy atom. The molecule has 0 saturated heterocycles. The molecule has 0 aliphatic carbocycles. The van der Waals surface area contributed by atoms with Gasteiger partial charge in [-0.2, -0.15) is 0 Å². The zero-order valence-corrected chi connectivity index (χ0v) is 20.5. The number of hydrogen-bond donors (Lipinski definition) is 1. The van der Waals surface area contributed by atoms with Gasteiger partial charge in [-0.05, 0) is 52.8 Å².